The normalized spacial score (nSPS) is 15.3. The Hall–Kier alpha value is -2.54. The van der Waals surface area contributed by atoms with Crippen LogP contribution in [0, 0.1) is 0 Å². The number of piperidine rings is 1. The van der Waals surface area contributed by atoms with E-state index in [0.29, 0.717) is 16.1 Å². The second kappa shape index (κ2) is 9.37. The quantitative estimate of drug-likeness (QED) is 0.345. The molecule has 1 fully saturated rings. The molecule has 0 unspecified atom stereocenters. The van der Waals surface area contributed by atoms with Crippen LogP contribution in [0.3, 0.4) is 0 Å². The Morgan fingerprint density at radius 3 is 2.52 bits per heavy atom. The van der Waals surface area contributed by atoms with E-state index in [-0.39, 0.29) is 4.90 Å². The molecule has 7 heteroatoms. The van der Waals surface area contributed by atoms with Crippen molar-refractivity contribution in [2.45, 2.75) is 37.1 Å². The summed E-state index contributed by atoms with van der Waals surface area (Å²) in [5.74, 6) is 0. The number of aryl methyl sites for hydroxylation is 1. The molecule has 0 radical (unpaired) electrons. The van der Waals surface area contributed by atoms with Crippen molar-refractivity contribution in [3.05, 3.63) is 71.9 Å². The molecule has 5 rings (SSSR count). The van der Waals surface area contributed by atoms with Gasteiger partial charge in [0, 0.05) is 45.1 Å². The molecule has 0 amide bonds. The van der Waals surface area contributed by atoms with Crippen molar-refractivity contribution >= 4 is 49.0 Å². The Kier molecular flexibility index (Phi) is 6.32. The number of aromatic nitrogens is 1. The number of nitrogens with one attached hydrogen (secondary N) is 1. The van der Waals surface area contributed by atoms with Crippen LogP contribution in [0.1, 0.15) is 25.7 Å². The van der Waals surface area contributed by atoms with Gasteiger partial charge in [-0.05, 0) is 75.3 Å². The molecule has 3 aromatic carbocycles. The average Bonchev–Trinajstić information content (AvgIpc) is 3.21. The van der Waals surface area contributed by atoms with E-state index < -0.39 is 10.0 Å². The molecule has 4 aromatic rings. The lowest BCUT2D eigenvalue weighted by molar-refractivity contribution is 0.223. The number of likely N-dealkylation sites (tertiary alicyclic amines) is 1. The van der Waals surface area contributed by atoms with Gasteiger partial charge in [0.25, 0.3) is 10.0 Å². The molecular weight excluding hydrogens is 454 g/mol. The van der Waals surface area contributed by atoms with Gasteiger partial charge in [0.1, 0.15) is 0 Å². The van der Waals surface area contributed by atoms with Gasteiger partial charge < -0.3 is 9.47 Å². The molecule has 0 atom stereocenters. The number of hydrogen-bond donors (Lipinski definition) is 1. The minimum atomic E-state index is -3.77. The SMILES string of the molecule is O=S(=O)(Nc1ccc2c(ccn2CCCN2CCCCC2)c1)c1cccc2c(Cl)cccc12. The number of halogens is 1. The number of anilines is 1. The van der Waals surface area contributed by atoms with Gasteiger partial charge in [-0.1, -0.05) is 42.3 Å². The highest BCUT2D eigenvalue weighted by Crippen LogP contribution is 2.30. The van der Waals surface area contributed by atoms with Gasteiger partial charge >= 0.3 is 0 Å². The first-order chi connectivity index (χ1) is 16.0. The number of rotatable bonds is 7. The molecule has 0 aliphatic carbocycles. The van der Waals surface area contributed by atoms with Crippen LogP contribution in [0.5, 0.6) is 0 Å². The second-order valence-corrected chi connectivity index (χ2v) is 10.8. The zero-order valence-corrected chi connectivity index (χ0v) is 20.1. The lowest BCUT2D eigenvalue weighted by Crippen LogP contribution is -2.31. The first-order valence-corrected chi connectivity index (χ1v) is 13.4. The highest BCUT2D eigenvalue weighted by Gasteiger charge is 2.18. The van der Waals surface area contributed by atoms with Gasteiger partial charge in [0.05, 0.1) is 4.90 Å². The predicted molar refractivity (Wildman–Crippen MR) is 137 cm³/mol. The van der Waals surface area contributed by atoms with Crippen LogP contribution >= 0.6 is 11.6 Å². The molecular formula is C26H28ClN3O2S. The monoisotopic (exact) mass is 481 g/mol. The zero-order valence-electron chi connectivity index (χ0n) is 18.5. The van der Waals surface area contributed by atoms with Crippen LogP contribution in [0.25, 0.3) is 21.7 Å². The molecule has 172 valence electrons. The number of hydrogen-bond acceptors (Lipinski definition) is 3. The smallest absolute Gasteiger partial charge is 0.262 e. The van der Waals surface area contributed by atoms with E-state index in [0.717, 1.165) is 35.8 Å². The molecule has 1 aliphatic heterocycles. The van der Waals surface area contributed by atoms with E-state index in [1.807, 2.05) is 30.3 Å². The van der Waals surface area contributed by atoms with E-state index in [4.69, 9.17) is 11.6 Å². The highest BCUT2D eigenvalue weighted by molar-refractivity contribution is 7.93. The second-order valence-electron chi connectivity index (χ2n) is 8.74. The van der Waals surface area contributed by atoms with Crippen molar-refractivity contribution in [3.63, 3.8) is 0 Å². The van der Waals surface area contributed by atoms with Crippen LogP contribution in [0.15, 0.2) is 71.8 Å². The molecule has 0 bridgehead atoms. The minimum Gasteiger partial charge on any atom is -0.347 e. The van der Waals surface area contributed by atoms with Crippen molar-refractivity contribution in [2.24, 2.45) is 0 Å². The molecule has 33 heavy (non-hydrogen) atoms. The third kappa shape index (κ3) is 4.74. The lowest BCUT2D eigenvalue weighted by Gasteiger charge is -2.26. The summed E-state index contributed by atoms with van der Waals surface area (Å²) in [6.07, 6.45) is 7.20. The molecule has 0 spiro atoms. The molecule has 1 saturated heterocycles. The predicted octanol–water partition coefficient (Wildman–Crippen LogP) is 6.12. The van der Waals surface area contributed by atoms with Gasteiger partial charge in [-0.25, -0.2) is 8.42 Å². The summed E-state index contributed by atoms with van der Waals surface area (Å²) in [5.41, 5.74) is 1.67. The maximum Gasteiger partial charge on any atom is 0.262 e. The van der Waals surface area contributed by atoms with Gasteiger partial charge in [0.2, 0.25) is 0 Å². The number of sulfonamides is 1. The molecule has 0 saturated carbocycles. The summed E-state index contributed by atoms with van der Waals surface area (Å²) in [5, 5.41) is 2.89. The summed E-state index contributed by atoms with van der Waals surface area (Å²) in [7, 11) is -3.77. The third-order valence-corrected chi connectivity index (χ3v) is 8.23. The van der Waals surface area contributed by atoms with E-state index in [9.17, 15) is 8.42 Å². The Bertz CT molecular complexity index is 1390. The summed E-state index contributed by atoms with van der Waals surface area (Å²) in [6.45, 7) is 4.53. The highest BCUT2D eigenvalue weighted by atomic mass is 35.5. The van der Waals surface area contributed by atoms with Crippen molar-refractivity contribution in [3.8, 4) is 0 Å². The molecule has 5 nitrogen and oxygen atoms in total. The summed E-state index contributed by atoms with van der Waals surface area (Å²) >= 11 is 6.27. The van der Waals surface area contributed by atoms with E-state index in [1.165, 1.54) is 32.4 Å². The zero-order chi connectivity index (χ0) is 22.8. The topological polar surface area (TPSA) is 54.3 Å². The summed E-state index contributed by atoms with van der Waals surface area (Å²) in [6, 6.07) is 18.2. The number of nitrogens with zero attached hydrogens (tertiary/aromatic N) is 2. The van der Waals surface area contributed by atoms with Crippen LogP contribution in [-0.2, 0) is 16.6 Å². The Labute approximate surface area is 200 Å². The summed E-state index contributed by atoms with van der Waals surface area (Å²) < 4.78 is 31.4. The van der Waals surface area contributed by atoms with Crippen LogP contribution in [0.2, 0.25) is 5.02 Å². The van der Waals surface area contributed by atoms with Crippen molar-refractivity contribution in [1.29, 1.82) is 0 Å². The van der Waals surface area contributed by atoms with E-state index in [1.54, 1.807) is 30.3 Å². The fourth-order valence-electron chi connectivity index (χ4n) is 4.79. The lowest BCUT2D eigenvalue weighted by atomic mass is 10.1. The summed E-state index contributed by atoms with van der Waals surface area (Å²) in [4.78, 5) is 2.78. The maximum absolute atomic E-state index is 13.2. The molecule has 1 aliphatic rings. The number of benzene rings is 3. The Balaban J connectivity index is 1.33. The van der Waals surface area contributed by atoms with Crippen LogP contribution in [-0.4, -0.2) is 37.5 Å². The fourth-order valence-corrected chi connectivity index (χ4v) is 6.30. The van der Waals surface area contributed by atoms with Crippen LogP contribution < -0.4 is 4.72 Å². The van der Waals surface area contributed by atoms with Crippen molar-refractivity contribution in [2.75, 3.05) is 24.4 Å². The van der Waals surface area contributed by atoms with Crippen molar-refractivity contribution in [1.82, 2.24) is 9.47 Å². The maximum atomic E-state index is 13.2. The van der Waals surface area contributed by atoms with E-state index >= 15 is 0 Å². The first kappa shape index (κ1) is 22.3. The molecule has 1 N–H and O–H groups in total. The Morgan fingerprint density at radius 1 is 0.879 bits per heavy atom. The minimum absolute atomic E-state index is 0.220. The van der Waals surface area contributed by atoms with E-state index in [2.05, 4.69) is 20.4 Å². The van der Waals surface area contributed by atoms with Gasteiger partial charge in [-0.15, -0.1) is 0 Å². The Morgan fingerprint density at radius 2 is 1.67 bits per heavy atom. The third-order valence-electron chi connectivity index (χ3n) is 6.46. The standard InChI is InChI=1S/C26H28ClN3O2S/c27-24-9-4-8-23-22(24)7-5-10-26(23)33(31,32)28-21-11-12-25-20(19-21)13-18-30(25)17-6-16-29-14-2-1-3-15-29/h4-5,7-13,18-19,28H,1-3,6,14-17H2. The van der Waals surface area contributed by atoms with Crippen molar-refractivity contribution < 1.29 is 8.42 Å². The first-order valence-electron chi connectivity index (χ1n) is 11.5. The number of fused-ring (bicyclic) bond motifs is 2. The van der Waals surface area contributed by atoms with Gasteiger partial charge in [0.15, 0.2) is 0 Å². The molecule has 1 aromatic heterocycles. The largest absolute Gasteiger partial charge is 0.347 e. The van der Waals surface area contributed by atoms with Gasteiger partial charge in [-0.2, -0.15) is 0 Å². The average molecular weight is 482 g/mol. The fraction of sp³-hybridized carbons (Fsp3) is 0.308. The van der Waals surface area contributed by atoms with Gasteiger partial charge in [-0.3, -0.25) is 4.72 Å². The molecule has 2 heterocycles. The van der Waals surface area contributed by atoms with Crippen LogP contribution in [0.4, 0.5) is 5.69 Å².